The van der Waals surface area contributed by atoms with Gasteiger partial charge in [0.15, 0.2) is 6.29 Å². The van der Waals surface area contributed by atoms with Crippen molar-refractivity contribution in [3.8, 4) is 0 Å². The van der Waals surface area contributed by atoms with Crippen molar-refractivity contribution in [1.82, 2.24) is 15.3 Å². The van der Waals surface area contributed by atoms with Crippen LogP contribution >= 0.6 is 11.6 Å². The summed E-state index contributed by atoms with van der Waals surface area (Å²) in [6, 6.07) is 5.28. The fraction of sp³-hybridized carbons (Fsp3) is 0.500. The molecule has 174 valence electrons. The Kier molecular flexibility index (Phi) is 6.21. The minimum absolute atomic E-state index is 0.0359. The van der Waals surface area contributed by atoms with Crippen LogP contribution in [0.1, 0.15) is 58.4 Å². The van der Waals surface area contributed by atoms with E-state index in [1.54, 1.807) is 18.3 Å². The third-order valence-electron chi connectivity index (χ3n) is 6.97. The first-order valence-corrected chi connectivity index (χ1v) is 12.0. The summed E-state index contributed by atoms with van der Waals surface area (Å²) in [6.45, 7) is 2.32. The van der Waals surface area contributed by atoms with Crippen molar-refractivity contribution in [3.63, 3.8) is 0 Å². The zero-order valence-corrected chi connectivity index (χ0v) is 19.1. The molecule has 2 saturated carbocycles. The quantitative estimate of drug-likeness (QED) is 0.535. The molecule has 1 aromatic carbocycles. The van der Waals surface area contributed by atoms with E-state index >= 15 is 0 Å². The van der Waals surface area contributed by atoms with Gasteiger partial charge in [0, 0.05) is 37.4 Å². The number of carbonyl (C=O) groups is 2. The third-order valence-corrected chi connectivity index (χ3v) is 7.29. The largest absolute Gasteiger partial charge is 0.393 e. The van der Waals surface area contributed by atoms with Crippen LogP contribution in [0.25, 0.3) is 0 Å². The fourth-order valence-corrected chi connectivity index (χ4v) is 5.08. The molecule has 0 radical (unpaired) electrons. The van der Waals surface area contributed by atoms with Crippen molar-refractivity contribution < 1.29 is 14.7 Å². The second kappa shape index (κ2) is 9.27. The highest BCUT2D eigenvalue weighted by molar-refractivity contribution is 6.33. The minimum Gasteiger partial charge on any atom is -0.393 e. The molecule has 1 aromatic heterocycles. The second-order valence-corrected chi connectivity index (χ2v) is 9.81. The number of anilines is 2. The first-order valence-electron chi connectivity index (χ1n) is 11.6. The lowest BCUT2D eigenvalue weighted by Crippen LogP contribution is -2.39. The topological polar surface area (TPSA) is 107 Å². The average Bonchev–Trinajstić information content (AvgIpc) is 3.43. The van der Waals surface area contributed by atoms with Gasteiger partial charge in [-0.2, -0.15) is 4.98 Å². The van der Waals surface area contributed by atoms with Crippen molar-refractivity contribution >= 4 is 35.6 Å². The normalized spacial score (nSPS) is 25.9. The molecule has 5 rings (SSSR count). The number of halogens is 1. The molecule has 0 spiro atoms. The number of piperidine rings is 1. The second-order valence-electron chi connectivity index (χ2n) is 9.40. The molecule has 3 N–H and O–H groups in total. The number of aldehydes is 1. The van der Waals surface area contributed by atoms with E-state index in [0.717, 1.165) is 49.6 Å². The number of aromatic nitrogens is 2. The van der Waals surface area contributed by atoms with Crippen LogP contribution in [0.4, 0.5) is 11.8 Å². The highest BCUT2D eigenvalue weighted by Gasteiger charge is 2.46. The predicted molar refractivity (Wildman–Crippen MR) is 126 cm³/mol. The standard InChI is InChI=1S/C24H28ClN5O3/c25-21-7-14(1-2-15(21)13-31)9-26-22-20(23(33)28-18-3-5-19(32)6-4-18)10-27-24(29-22)30-11-16-8-17(16)12-30/h1-2,7,10,13,16-19,32H,3-6,8-9,11-12H2,(H,28,33)(H,26,27,29)/t16?,17?,18-,19-. The minimum atomic E-state index is -0.276. The molecule has 1 aliphatic heterocycles. The third kappa shape index (κ3) is 4.96. The zero-order chi connectivity index (χ0) is 22.9. The van der Waals surface area contributed by atoms with Crippen LogP contribution in [0.2, 0.25) is 5.02 Å². The van der Waals surface area contributed by atoms with Crippen LogP contribution in [-0.4, -0.2) is 52.5 Å². The van der Waals surface area contributed by atoms with E-state index in [4.69, 9.17) is 16.6 Å². The number of aliphatic hydroxyl groups excluding tert-OH is 1. The van der Waals surface area contributed by atoms with Gasteiger partial charge in [0.05, 0.1) is 11.1 Å². The Balaban J connectivity index is 1.34. The fourth-order valence-electron chi connectivity index (χ4n) is 4.83. The molecule has 3 fully saturated rings. The summed E-state index contributed by atoms with van der Waals surface area (Å²) in [4.78, 5) is 35.5. The Morgan fingerprint density at radius 2 is 1.97 bits per heavy atom. The van der Waals surface area contributed by atoms with Gasteiger partial charge < -0.3 is 20.6 Å². The summed E-state index contributed by atoms with van der Waals surface area (Å²) in [6.07, 6.45) is 6.24. The van der Waals surface area contributed by atoms with Crippen molar-refractivity contribution in [2.75, 3.05) is 23.3 Å². The van der Waals surface area contributed by atoms with Crippen LogP contribution in [0, 0.1) is 11.8 Å². The van der Waals surface area contributed by atoms with Crippen molar-refractivity contribution in [2.24, 2.45) is 11.8 Å². The van der Waals surface area contributed by atoms with Gasteiger partial charge in [-0.3, -0.25) is 9.59 Å². The molecule has 33 heavy (non-hydrogen) atoms. The number of rotatable bonds is 7. The van der Waals surface area contributed by atoms with Crippen molar-refractivity contribution in [3.05, 3.63) is 46.1 Å². The molecule has 3 aliphatic rings. The first kappa shape index (κ1) is 22.1. The number of hydrogen-bond acceptors (Lipinski definition) is 7. The number of nitrogens with zero attached hydrogens (tertiary/aromatic N) is 3. The Hall–Kier alpha value is -2.71. The number of hydrogen-bond donors (Lipinski definition) is 3. The molecule has 2 aromatic rings. The molecule has 9 heteroatoms. The molecule has 1 saturated heterocycles. The lowest BCUT2D eigenvalue weighted by molar-refractivity contribution is 0.0867. The smallest absolute Gasteiger partial charge is 0.256 e. The number of benzene rings is 1. The number of fused-ring (bicyclic) bond motifs is 1. The average molecular weight is 470 g/mol. The molecular weight excluding hydrogens is 442 g/mol. The summed E-state index contributed by atoms with van der Waals surface area (Å²) in [5.41, 5.74) is 1.71. The van der Waals surface area contributed by atoms with Crippen LogP contribution < -0.4 is 15.5 Å². The number of amides is 1. The van der Waals surface area contributed by atoms with Gasteiger partial charge >= 0.3 is 0 Å². The van der Waals surface area contributed by atoms with Gasteiger partial charge in [-0.25, -0.2) is 4.98 Å². The van der Waals surface area contributed by atoms with Crippen LogP contribution in [0.5, 0.6) is 0 Å². The van der Waals surface area contributed by atoms with Crippen molar-refractivity contribution in [1.29, 1.82) is 0 Å². The van der Waals surface area contributed by atoms with E-state index in [9.17, 15) is 14.7 Å². The van der Waals surface area contributed by atoms with Gasteiger partial charge in [0.2, 0.25) is 5.95 Å². The molecular formula is C24H28ClN5O3. The Bertz CT molecular complexity index is 1050. The van der Waals surface area contributed by atoms with Crippen LogP contribution in [0.3, 0.4) is 0 Å². The highest BCUT2D eigenvalue weighted by atomic mass is 35.5. The molecule has 2 atom stereocenters. The maximum atomic E-state index is 13.1. The SMILES string of the molecule is O=Cc1ccc(CNc2nc(N3CC4CC4C3)ncc2C(=O)N[C@H]2CC[C@H](O)CC2)cc1Cl. The maximum absolute atomic E-state index is 13.1. The Morgan fingerprint density at radius 1 is 1.21 bits per heavy atom. The number of nitrogens with one attached hydrogen (secondary N) is 2. The zero-order valence-electron chi connectivity index (χ0n) is 18.3. The number of aliphatic hydroxyl groups is 1. The predicted octanol–water partition coefficient (Wildman–Crippen LogP) is 3.04. The van der Waals surface area contributed by atoms with Crippen LogP contribution in [0.15, 0.2) is 24.4 Å². The highest BCUT2D eigenvalue weighted by Crippen LogP contribution is 2.45. The van der Waals surface area contributed by atoms with E-state index in [-0.39, 0.29) is 18.1 Å². The van der Waals surface area contributed by atoms with Gasteiger partial charge in [-0.15, -0.1) is 0 Å². The van der Waals surface area contributed by atoms with Gasteiger partial charge in [0.25, 0.3) is 5.91 Å². The van der Waals surface area contributed by atoms with Gasteiger partial charge in [-0.1, -0.05) is 17.7 Å². The first-order chi connectivity index (χ1) is 16.0. The van der Waals surface area contributed by atoms with E-state index < -0.39 is 0 Å². The van der Waals surface area contributed by atoms with E-state index in [2.05, 4.69) is 20.5 Å². The summed E-state index contributed by atoms with van der Waals surface area (Å²) >= 11 is 6.17. The molecule has 2 unspecified atom stereocenters. The van der Waals surface area contributed by atoms with Crippen molar-refractivity contribution in [2.45, 2.75) is 50.8 Å². The van der Waals surface area contributed by atoms with Gasteiger partial charge in [-0.05, 0) is 61.6 Å². The van der Waals surface area contributed by atoms with E-state index in [1.165, 1.54) is 6.42 Å². The summed E-state index contributed by atoms with van der Waals surface area (Å²) in [7, 11) is 0. The summed E-state index contributed by atoms with van der Waals surface area (Å²) in [5.74, 6) is 2.38. The molecule has 2 aliphatic carbocycles. The molecule has 1 amide bonds. The van der Waals surface area contributed by atoms with Crippen LogP contribution in [-0.2, 0) is 6.54 Å². The monoisotopic (exact) mass is 469 g/mol. The summed E-state index contributed by atoms with van der Waals surface area (Å²) in [5, 5.41) is 16.5. The molecule has 8 nitrogen and oxygen atoms in total. The maximum Gasteiger partial charge on any atom is 0.256 e. The summed E-state index contributed by atoms with van der Waals surface area (Å²) < 4.78 is 0. The lowest BCUT2D eigenvalue weighted by Gasteiger charge is -2.26. The Labute approximate surface area is 197 Å². The number of carbonyl (C=O) groups excluding carboxylic acids is 2. The van der Waals surface area contributed by atoms with E-state index in [1.807, 2.05) is 6.07 Å². The Morgan fingerprint density at radius 3 is 2.67 bits per heavy atom. The molecule has 2 heterocycles. The van der Waals surface area contributed by atoms with Gasteiger partial charge in [0.1, 0.15) is 11.4 Å². The lowest BCUT2D eigenvalue weighted by atomic mass is 9.93. The molecule has 0 bridgehead atoms. The van der Waals surface area contributed by atoms with E-state index in [0.29, 0.717) is 47.3 Å².